The first kappa shape index (κ1) is 15.5. The largest absolute Gasteiger partial charge is 0.301 e. The highest BCUT2D eigenvalue weighted by molar-refractivity contribution is 8.00. The summed E-state index contributed by atoms with van der Waals surface area (Å²) in [5.41, 5.74) is 2.09. The van der Waals surface area contributed by atoms with E-state index in [1.807, 2.05) is 30.5 Å². The molecular weight excluding hydrogens is 360 g/mol. The Morgan fingerprint density at radius 2 is 2.21 bits per heavy atom. The van der Waals surface area contributed by atoms with Crippen molar-refractivity contribution in [2.45, 2.75) is 11.9 Å². The van der Waals surface area contributed by atoms with Crippen molar-refractivity contribution in [1.29, 1.82) is 0 Å². The van der Waals surface area contributed by atoms with E-state index in [9.17, 15) is 4.79 Å². The molecule has 0 spiro atoms. The summed E-state index contributed by atoms with van der Waals surface area (Å²) in [6.45, 7) is 2.04. The summed E-state index contributed by atoms with van der Waals surface area (Å²) in [6, 6.07) is 8.05. The SMILES string of the molecule is Cc1ccc2nc(NC(=O)CSc3ncnc4sccc34)sc2c1. The van der Waals surface area contributed by atoms with Crippen molar-refractivity contribution in [3.8, 4) is 0 Å². The van der Waals surface area contributed by atoms with Gasteiger partial charge in [0, 0.05) is 5.39 Å². The normalized spacial score (nSPS) is 11.2. The van der Waals surface area contributed by atoms with Crippen molar-refractivity contribution in [2.24, 2.45) is 0 Å². The van der Waals surface area contributed by atoms with E-state index in [0.717, 1.165) is 25.5 Å². The number of hydrogen-bond donors (Lipinski definition) is 1. The van der Waals surface area contributed by atoms with E-state index < -0.39 is 0 Å². The Morgan fingerprint density at radius 3 is 3.12 bits per heavy atom. The van der Waals surface area contributed by atoms with Crippen LogP contribution in [0.4, 0.5) is 5.13 Å². The predicted molar refractivity (Wildman–Crippen MR) is 101 cm³/mol. The van der Waals surface area contributed by atoms with Gasteiger partial charge in [0.15, 0.2) is 5.13 Å². The van der Waals surface area contributed by atoms with Gasteiger partial charge in [-0.15, -0.1) is 11.3 Å². The van der Waals surface area contributed by atoms with Gasteiger partial charge in [-0.3, -0.25) is 4.79 Å². The highest BCUT2D eigenvalue weighted by Gasteiger charge is 2.11. The third kappa shape index (κ3) is 3.12. The zero-order valence-electron chi connectivity index (χ0n) is 12.6. The number of carbonyl (C=O) groups excluding carboxylic acids is 1. The van der Waals surface area contributed by atoms with Gasteiger partial charge >= 0.3 is 0 Å². The first-order valence-corrected chi connectivity index (χ1v) is 9.85. The standard InChI is InChI=1S/C16H12N4OS3/c1-9-2-3-11-12(6-9)24-16(19-11)20-13(21)7-23-15-10-4-5-22-14(10)17-8-18-15/h2-6,8H,7H2,1H3,(H,19,20,21). The summed E-state index contributed by atoms with van der Waals surface area (Å²) in [4.78, 5) is 26.1. The number of carbonyl (C=O) groups is 1. The lowest BCUT2D eigenvalue weighted by molar-refractivity contribution is -0.113. The second-order valence-corrected chi connectivity index (χ2v) is 8.03. The van der Waals surface area contributed by atoms with Crippen LogP contribution in [0.3, 0.4) is 0 Å². The molecule has 0 fully saturated rings. The molecule has 4 rings (SSSR count). The lowest BCUT2D eigenvalue weighted by Gasteiger charge is -2.02. The molecule has 0 unspecified atom stereocenters. The summed E-state index contributed by atoms with van der Waals surface area (Å²) in [7, 11) is 0. The Bertz CT molecular complexity index is 1040. The quantitative estimate of drug-likeness (QED) is 0.426. The summed E-state index contributed by atoms with van der Waals surface area (Å²) < 4.78 is 1.08. The minimum absolute atomic E-state index is 0.0854. The van der Waals surface area contributed by atoms with Crippen molar-refractivity contribution in [3.05, 3.63) is 41.5 Å². The van der Waals surface area contributed by atoms with E-state index in [1.54, 1.807) is 11.3 Å². The van der Waals surface area contributed by atoms with E-state index in [4.69, 9.17) is 0 Å². The van der Waals surface area contributed by atoms with Gasteiger partial charge in [-0.2, -0.15) is 0 Å². The number of nitrogens with one attached hydrogen (secondary N) is 1. The van der Waals surface area contributed by atoms with Crippen molar-refractivity contribution in [1.82, 2.24) is 15.0 Å². The predicted octanol–water partition coefficient (Wildman–Crippen LogP) is 4.34. The number of aryl methyl sites for hydroxylation is 1. The lowest BCUT2D eigenvalue weighted by atomic mass is 10.2. The van der Waals surface area contributed by atoms with Gasteiger partial charge in [-0.1, -0.05) is 29.2 Å². The van der Waals surface area contributed by atoms with E-state index in [0.29, 0.717) is 5.13 Å². The summed E-state index contributed by atoms with van der Waals surface area (Å²) in [6.07, 6.45) is 1.54. The molecule has 0 radical (unpaired) electrons. The zero-order valence-corrected chi connectivity index (χ0v) is 15.1. The molecular formula is C16H12N4OS3. The Morgan fingerprint density at radius 1 is 1.29 bits per heavy atom. The fourth-order valence-electron chi connectivity index (χ4n) is 2.26. The first-order valence-electron chi connectivity index (χ1n) is 7.17. The number of hydrogen-bond acceptors (Lipinski definition) is 7. The van der Waals surface area contributed by atoms with Crippen LogP contribution < -0.4 is 5.32 Å². The average molecular weight is 373 g/mol. The minimum atomic E-state index is -0.0854. The molecule has 0 saturated heterocycles. The minimum Gasteiger partial charge on any atom is -0.301 e. The molecule has 1 aromatic carbocycles. The monoisotopic (exact) mass is 372 g/mol. The number of anilines is 1. The van der Waals surface area contributed by atoms with Gasteiger partial charge in [-0.25, -0.2) is 15.0 Å². The van der Waals surface area contributed by atoms with E-state index in [1.165, 1.54) is 35.0 Å². The molecule has 1 N–H and O–H groups in total. The molecule has 8 heteroatoms. The van der Waals surface area contributed by atoms with Crippen LogP contribution in [0.25, 0.3) is 20.4 Å². The van der Waals surface area contributed by atoms with Crippen molar-refractivity contribution >= 4 is 65.9 Å². The Hall–Kier alpha value is -2.03. The third-order valence-electron chi connectivity index (χ3n) is 3.36. The Balaban J connectivity index is 1.45. The number of benzene rings is 1. The van der Waals surface area contributed by atoms with Crippen LogP contribution in [-0.4, -0.2) is 26.6 Å². The Labute approximate surface area is 150 Å². The van der Waals surface area contributed by atoms with Gasteiger partial charge in [0.2, 0.25) is 5.91 Å². The molecule has 120 valence electrons. The van der Waals surface area contributed by atoms with E-state index in [-0.39, 0.29) is 11.7 Å². The highest BCUT2D eigenvalue weighted by atomic mass is 32.2. The third-order valence-corrected chi connectivity index (χ3v) is 6.12. The van der Waals surface area contributed by atoms with Gasteiger partial charge < -0.3 is 5.32 Å². The number of fused-ring (bicyclic) bond motifs is 2. The number of amides is 1. The molecule has 0 atom stereocenters. The van der Waals surface area contributed by atoms with Crippen LogP contribution in [-0.2, 0) is 4.79 Å². The Kier molecular flexibility index (Phi) is 4.17. The molecule has 0 aliphatic heterocycles. The van der Waals surface area contributed by atoms with Crippen LogP contribution in [0, 0.1) is 6.92 Å². The fraction of sp³-hybridized carbons (Fsp3) is 0.125. The van der Waals surface area contributed by atoms with Crippen molar-refractivity contribution in [2.75, 3.05) is 11.1 Å². The molecule has 0 saturated carbocycles. The number of thiophene rings is 1. The summed E-state index contributed by atoms with van der Waals surface area (Å²) in [5.74, 6) is 0.203. The molecule has 0 aliphatic carbocycles. The van der Waals surface area contributed by atoms with E-state index >= 15 is 0 Å². The van der Waals surface area contributed by atoms with Crippen LogP contribution in [0.1, 0.15) is 5.56 Å². The number of thiazole rings is 1. The van der Waals surface area contributed by atoms with Gasteiger partial charge in [0.25, 0.3) is 0 Å². The highest BCUT2D eigenvalue weighted by Crippen LogP contribution is 2.29. The molecule has 24 heavy (non-hydrogen) atoms. The topological polar surface area (TPSA) is 67.8 Å². The van der Waals surface area contributed by atoms with Gasteiger partial charge in [0.05, 0.1) is 16.0 Å². The molecule has 4 aromatic rings. The number of aromatic nitrogens is 3. The van der Waals surface area contributed by atoms with Gasteiger partial charge in [0.1, 0.15) is 16.2 Å². The average Bonchev–Trinajstić information content (AvgIpc) is 3.18. The first-order chi connectivity index (χ1) is 11.7. The van der Waals surface area contributed by atoms with Gasteiger partial charge in [-0.05, 0) is 36.1 Å². The summed E-state index contributed by atoms with van der Waals surface area (Å²) in [5, 5.41) is 7.30. The maximum absolute atomic E-state index is 12.2. The van der Waals surface area contributed by atoms with Crippen LogP contribution in [0.5, 0.6) is 0 Å². The maximum atomic E-state index is 12.2. The summed E-state index contributed by atoms with van der Waals surface area (Å²) >= 11 is 4.47. The molecule has 0 bridgehead atoms. The fourth-order valence-corrected chi connectivity index (χ4v) is 4.82. The zero-order chi connectivity index (χ0) is 16.5. The number of nitrogens with zero attached hydrogens (tertiary/aromatic N) is 3. The maximum Gasteiger partial charge on any atom is 0.236 e. The van der Waals surface area contributed by atoms with E-state index in [2.05, 4.69) is 26.3 Å². The second kappa shape index (κ2) is 6.46. The molecule has 1 amide bonds. The molecule has 5 nitrogen and oxygen atoms in total. The van der Waals surface area contributed by atoms with Crippen LogP contribution in [0.2, 0.25) is 0 Å². The van der Waals surface area contributed by atoms with Crippen LogP contribution in [0.15, 0.2) is 41.0 Å². The molecule has 0 aliphatic rings. The number of rotatable bonds is 4. The lowest BCUT2D eigenvalue weighted by Crippen LogP contribution is -2.13. The molecule has 3 aromatic heterocycles. The molecule has 3 heterocycles. The number of thioether (sulfide) groups is 1. The van der Waals surface area contributed by atoms with Crippen molar-refractivity contribution in [3.63, 3.8) is 0 Å². The smallest absolute Gasteiger partial charge is 0.236 e. The van der Waals surface area contributed by atoms with Crippen molar-refractivity contribution < 1.29 is 4.79 Å². The second-order valence-electron chi connectivity index (χ2n) is 5.15. The van der Waals surface area contributed by atoms with Crippen LogP contribution >= 0.6 is 34.4 Å².